The minimum atomic E-state index is -1.13. The van der Waals surface area contributed by atoms with E-state index in [0.717, 1.165) is 25.1 Å². The molecule has 0 bridgehead atoms. The SMILES string of the molecule is O=C(O)c1ccn2c(C3CCC3)nc(C(=O)O)c2c1. The second-order valence-corrected chi connectivity index (χ2v) is 4.73. The summed E-state index contributed by atoms with van der Waals surface area (Å²) in [5, 5.41) is 18.1. The van der Waals surface area contributed by atoms with Gasteiger partial charge in [-0.2, -0.15) is 0 Å². The number of hydrogen-bond donors (Lipinski definition) is 2. The Morgan fingerprint density at radius 3 is 2.53 bits per heavy atom. The maximum absolute atomic E-state index is 11.2. The van der Waals surface area contributed by atoms with E-state index in [4.69, 9.17) is 5.11 Å². The predicted octanol–water partition coefficient (Wildman–Crippen LogP) is 2.00. The second-order valence-electron chi connectivity index (χ2n) is 4.73. The third-order valence-electron chi connectivity index (χ3n) is 3.59. The molecule has 2 aromatic heterocycles. The molecule has 1 saturated carbocycles. The van der Waals surface area contributed by atoms with Gasteiger partial charge < -0.3 is 14.6 Å². The average Bonchev–Trinajstić information content (AvgIpc) is 2.66. The molecule has 0 amide bonds. The zero-order valence-corrected chi connectivity index (χ0v) is 10.0. The standard InChI is InChI=1S/C13H12N2O4/c16-12(17)8-4-5-15-9(6-8)10(13(18)19)14-11(15)7-2-1-3-7/h4-7H,1-3H2,(H,16,17)(H,18,19). The summed E-state index contributed by atoms with van der Waals surface area (Å²) in [6.45, 7) is 0. The van der Waals surface area contributed by atoms with Crippen molar-refractivity contribution in [3.05, 3.63) is 35.4 Å². The minimum absolute atomic E-state index is 0.0649. The van der Waals surface area contributed by atoms with Gasteiger partial charge in [-0.1, -0.05) is 6.42 Å². The molecule has 1 aliphatic carbocycles. The quantitative estimate of drug-likeness (QED) is 0.880. The molecule has 6 heteroatoms. The van der Waals surface area contributed by atoms with Crippen molar-refractivity contribution in [2.24, 2.45) is 0 Å². The van der Waals surface area contributed by atoms with E-state index in [-0.39, 0.29) is 17.2 Å². The van der Waals surface area contributed by atoms with Gasteiger partial charge in [-0.3, -0.25) is 0 Å². The topological polar surface area (TPSA) is 91.9 Å². The van der Waals surface area contributed by atoms with E-state index in [1.54, 1.807) is 10.6 Å². The van der Waals surface area contributed by atoms with Crippen LogP contribution in [0, 0.1) is 0 Å². The van der Waals surface area contributed by atoms with E-state index in [1.807, 2.05) is 0 Å². The van der Waals surface area contributed by atoms with Crippen LogP contribution in [0.4, 0.5) is 0 Å². The third kappa shape index (κ3) is 1.76. The van der Waals surface area contributed by atoms with E-state index in [1.165, 1.54) is 12.1 Å². The highest BCUT2D eigenvalue weighted by atomic mass is 16.4. The minimum Gasteiger partial charge on any atom is -0.478 e. The van der Waals surface area contributed by atoms with Crippen LogP contribution in [0.5, 0.6) is 0 Å². The Morgan fingerprint density at radius 2 is 2.00 bits per heavy atom. The molecule has 2 aromatic rings. The molecule has 0 aliphatic heterocycles. The second kappa shape index (κ2) is 4.08. The molecule has 0 atom stereocenters. The molecule has 0 radical (unpaired) electrons. The predicted molar refractivity (Wildman–Crippen MR) is 65.7 cm³/mol. The number of imidazole rings is 1. The number of nitrogens with zero attached hydrogens (tertiary/aromatic N) is 2. The Hall–Kier alpha value is -2.37. The van der Waals surface area contributed by atoms with Gasteiger partial charge in [0.25, 0.3) is 0 Å². The van der Waals surface area contributed by atoms with Crippen LogP contribution in [0.25, 0.3) is 5.52 Å². The molecular weight excluding hydrogens is 248 g/mol. The van der Waals surface area contributed by atoms with Crippen LogP contribution < -0.4 is 0 Å². The summed E-state index contributed by atoms with van der Waals surface area (Å²) in [6.07, 6.45) is 4.71. The van der Waals surface area contributed by atoms with Gasteiger partial charge in [-0.05, 0) is 25.0 Å². The Kier molecular flexibility index (Phi) is 2.51. The molecule has 3 rings (SSSR count). The molecule has 0 spiro atoms. The van der Waals surface area contributed by atoms with E-state index >= 15 is 0 Å². The molecule has 0 saturated heterocycles. The van der Waals surface area contributed by atoms with Crippen molar-refractivity contribution in [3.63, 3.8) is 0 Å². The third-order valence-corrected chi connectivity index (χ3v) is 3.59. The molecular formula is C13H12N2O4. The van der Waals surface area contributed by atoms with Crippen molar-refractivity contribution in [3.8, 4) is 0 Å². The fourth-order valence-electron chi connectivity index (χ4n) is 2.35. The molecule has 1 aliphatic rings. The molecule has 19 heavy (non-hydrogen) atoms. The number of hydrogen-bond acceptors (Lipinski definition) is 3. The molecule has 2 heterocycles. The van der Waals surface area contributed by atoms with Gasteiger partial charge in [0.1, 0.15) is 5.82 Å². The average molecular weight is 260 g/mol. The molecule has 1 fully saturated rings. The fourth-order valence-corrected chi connectivity index (χ4v) is 2.35. The highest BCUT2D eigenvalue weighted by Crippen LogP contribution is 2.36. The summed E-state index contributed by atoms with van der Waals surface area (Å²) >= 11 is 0. The Bertz CT molecular complexity index is 685. The molecule has 0 unspecified atom stereocenters. The zero-order valence-electron chi connectivity index (χ0n) is 10.0. The number of carbonyl (C=O) groups is 2. The normalized spacial score (nSPS) is 15.4. The Labute approximate surface area is 108 Å². The highest BCUT2D eigenvalue weighted by Gasteiger charge is 2.27. The van der Waals surface area contributed by atoms with Crippen molar-refractivity contribution >= 4 is 17.5 Å². The van der Waals surface area contributed by atoms with Gasteiger partial charge >= 0.3 is 11.9 Å². The van der Waals surface area contributed by atoms with E-state index in [0.29, 0.717) is 5.52 Å². The van der Waals surface area contributed by atoms with Crippen molar-refractivity contribution in [2.75, 3.05) is 0 Å². The number of pyridine rings is 1. The molecule has 6 nitrogen and oxygen atoms in total. The van der Waals surface area contributed by atoms with Crippen LogP contribution in [0.2, 0.25) is 0 Å². The molecule has 2 N–H and O–H groups in total. The summed E-state index contributed by atoms with van der Waals surface area (Å²) < 4.78 is 1.69. The number of aromatic nitrogens is 2. The molecule has 0 aromatic carbocycles. The van der Waals surface area contributed by atoms with Gasteiger partial charge in [0.2, 0.25) is 0 Å². The first-order chi connectivity index (χ1) is 9.08. The lowest BCUT2D eigenvalue weighted by Crippen LogP contribution is -2.12. The zero-order chi connectivity index (χ0) is 13.6. The number of aromatic carboxylic acids is 2. The summed E-state index contributed by atoms with van der Waals surface area (Å²) in [6, 6.07) is 2.83. The lowest BCUT2D eigenvalue weighted by atomic mass is 9.85. The van der Waals surface area contributed by atoms with Crippen LogP contribution in [0.3, 0.4) is 0 Å². The van der Waals surface area contributed by atoms with E-state index in [9.17, 15) is 14.7 Å². The van der Waals surface area contributed by atoms with Crippen LogP contribution in [-0.4, -0.2) is 31.5 Å². The van der Waals surface area contributed by atoms with Crippen molar-refractivity contribution in [1.29, 1.82) is 0 Å². The van der Waals surface area contributed by atoms with Crippen LogP contribution in [-0.2, 0) is 0 Å². The summed E-state index contributed by atoms with van der Waals surface area (Å²) in [7, 11) is 0. The van der Waals surface area contributed by atoms with Crippen molar-refractivity contribution < 1.29 is 19.8 Å². The number of fused-ring (bicyclic) bond motifs is 1. The largest absolute Gasteiger partial charge is 0.478 e. The fraction of sp³-hybridized carbons (Fsp3) is 0.308. The monoisotopic (exact) mass is 260 g/mol. The lowest BCUT2D eigenvalue weighted by molar-refractivity contribution is 0.0682. The van der Waals surface area contributed by atoms with Crippen molar-refractivity contribution in [1.82, 2.24) is 9.38 Å². The summed E-state index contributed by atoms with van der Waals surface area (Å²) in [4.78, 5) is 26.4. The van der Waals surface area contributed by atoms with Gasteiger partial charge in [0, 0.05) is 12.1 Å². The lowest BCUT2D eigenvalue weighted by Gasteiger charge is -2.23. The smallest absolute Gasteiger partial charge is 0.356 e. The maximum Gasteiger partial charge on any atom is 0.356 e. The van der Waals surface area contributed by atoms with Gasteiger partial charge in [0.15, 0.2) is 5.69 Å². The Balaban J connectivity index is 2.24. The maximum atomic E-state index is 11.2. The first-order valence-electron chi connectivity index (χ1n) is 6.06. The number of carboxylic acids is 2. The first-order valence-corrected chi connectivity index (χ1v) is 6.06. The first kappa shape index (κ1) is 11.7. The Morgan fingerprint density at radius 1 is 1.26 bits per heavy atom. The number of carboxylic acid groups (broad SMARTS) is 2. The van der Waals surface area contributed by atoms with E-state index < -0.39 is 11.9 Å². The van der Waals surface area contributed by atoms with Gasteiger partial charge in [-0.25, -0.2) is 14.6 Å². The number of rotatable bonds is 3. The van der Waals surface area contributed by atoms with Crippen molar-refractivity contribution in [2.45, 2.75) is 25.2 Å². The van der Waals surface area contributed by atoms with Crippen LogP contribution >= 0.6 is 0 Å². The van der Waals surface area contributed by atoms with Crippen LogP contribution in [0.15, 0.2) is 18.3 Å². The summed E-state index contributed by atoms with van der Waals surface area (Å²) in [5.41, 5.74) is 0.328. The summed E-state index contributed by atoms with van der Waals surface area (Å²) in [5.74, 6) is -1.22. The molecule has 98 valence electrons. The highest BCUT2D eigenvalue weighted by molar-refractivity contribution is 5.96. The van der Waals surface area contributed by atoms with Gasteiger partial charge in [0.05, 0.1) is 11.1 Å². The van der Waals surface area contributed by atoms with Gasteiger partial charge in [-0.15, -0.1) is 0 Å². The van der Waals surface area contributed by atoms with E-state index in [2.05, 4.69) is 4.98 Å². The van der Waals surface area contributed by atoms with Crippen LogP contribution in [0.1, 0.15) is 51.9 Å².